The number of ether oxygens (including phenoxy) is 2. The molecule has 5 rings (SSSR count). The van der Waals surface area contributed by atoms with Crippen LogP contribution < -0.4 is 9.47 Å². The molecule has 2 aliphatic carbocycles. The zero-order chi connectivity index (χ0) is 20.7. The van der Waals surface area contributed by atoms with Crippen LogP contribution in [0.25, 0.3) is 0 Å². The average Bonchev–Trinajstić information content (AvgIpc) is 3.46. The van der Waals surface area contributed by atoms with Gasteiger partial charge in [-0.3, -0.25) is 9.59 Å². The second-order valence-electron chi connectivity index (χ2n) is 7.92. The molecule has 0 unspecified atom stereocenters. The summed E-state index contributed by atoms with van der Waals surface area (Å²) in [5.74, 6) is 0.675. The summed E-state index contributed by atoms with van der Waals surface area (Å²) in [5, 5.41) is 5.27. The molecule has 6 nitrogen and oxygen atoms in total. The number of fused-ring (bicyclic) bond motifs is 5. The van der Waals surface area contributed by atoms with Gasteiger partial charge in [0.1, 0.15) is 6.61 Å². The highest BCUT2D eigenvalue weighted by Crippen LogP contribution is 2.52. The van der Waals surface area contributed by atoms with Gasteiger partial charge in [0.15, 0.2) is 11.5 Å². The molecule has 0 spiro atoms. The summed E-state index contributed by atoms with van der Waals surface area (Å²) in [6, 6.07) is 15.3. The lowest BCUT2D eigenvalue weighted by molar-refractivity contribution is -0.140. The lowest BCUT2D eigenvalue weighted by atomic mass is 9.85. The smallest absolute Gasteiger partial charge is 0.254 e. The van der Waals surface area contributed by atoms with E-state index in [4.69, 9.17) is 9.47 Å². The molecule has 6 heteroatoms. The number of amides is 2. The molecule has 4 atom stereocenters. The average molecular weight is 402 g/mol. The first-order valence-corrected chi connectivity index (χ1v) is 10.1. The summed E-state index contributed by atoms with van der Waals surface area (Å²) in [6.45, 7) is 0.431. The van der Waals surface area contributed by atoms with Crippen molar-refractivity contribution in [2.45, 2.75) is 13.0 Å². The van der Waals surface area contributed by atoms with Crippen molar-refractivity contribution in [1.29, 1.82) is 0 Å². The minimum Gasteiger partial charge on any atom is -0.493 e. The number of hydrogen-bond acceptors (Lipinski definition) is 5. The molecule has 2 bridgehead atoms. The normalized spacial score (nSPS) is 26.6. The maximum atomic E-state index is 12.7. The van der Waals surface area contributed by atoms with Gasteiger partial charge in [-0.25, -0.2) is 0 Å². The van der Waals surface area contributed by atoms with E-state index in [1.54, 1.807) is 19.2 Å². The van der Waals surface area contributed by atoms with Crippen molar-refractivity contribution < 1.29 is 19.1 Å². The van der Waals surface area contributed by atoms with Crippen LogP contribution >= 0.6 is 0 Å². The lowest BCUT2D eigenvalue weighted by Gasteiger charge is -2.13. The summed E-state index contributed by atoms with van der Waals surface area (Å²) in [5.41, 5.74) is 1.78. The van der Waals surface area contributed by atoms with Gasteiger partial charge in [-0.1, -0.05) is 42.5 Å². The Morgan fingerprint density at radius 1 is 1.00 bits per heavy atom. The highest BCUT2D eigenvalue weighted by Gasteiger charge is 2.59. The number of allylic oxidation sites excluding steroid dienone is 2. The zero-order valence-electron chi connectivity index (χ0n) is 16.6. The van der Waals surface area contributed by atoms with E-state index in [0.717, 1.165) is 22.6 Å². The number of methoxy groups -OCH3 is 1. The number of hydrogen-bond donors (Lipinski definition) is 0. The first-order valence-electron chi connectivity index (χ1n) is 10.1. The van der Waals surface area contributed by atoms with Gasteiger partial charge in [0, 0.05) is 0 Å². The van der Waals surface area contributed by atoms with Crippen LogP contribution in [0.3, 0.4) is 0 Å². The Bertz CT molecular complexity index is 1020. The van der Waals surface area contributed by atoms with E-state index in [1.807, 2.05) is 36.4 Å². The minimum absolute atomic E-state index is 0.179. The van der Waals surface area contributed by atoms with Crippen molar-refractivity contribution in [3.63, 3.8) is 0 Å². The third-order valence-electron chi connectivity index (χ3n) is 6.19. The molecule has 152 valence electrons. The quantitative estimate of drug-likeness (QED) is 0.422. The summed E-state index contributed by atoms with van der Waals surface area (Å²) < 4.78 is 11.3. The fourth-order valence-electron chi connectivity index (χ4n) is 4.74. The number of imide groups is 1. The number of nitrogens with zero attached hydrogens (tertiary/aromatic N) is 2. The van der Waals surface area contributed by atoms with Crippen molar-refractivity contribution in [2.24, 2.45) is 28.8 Å². The Balaban J connectivity index is 1.30. The van der Waals surface area contributed by atoms with Gasteiger partial charge < -0.3 is 9.47 Å². The molecule has 30 heavy (non-hydrogen) atoms. The van der Waals surface area contributed by atoms with E-state index >= 15 is 0 Å². The predicted molar refractivity (Wildman–Crippen MR) is 111 cm³/mol. The molecule has 2 amide bonds. The summed E-state index contributed by atoms with van der Waals surface area (Å²) in [6.07, 6.45) is 6.58. The highest BCUT2D eigenvalue weighted by molar-refractivity contribution is 6.06. The third kappa shape index (κ3) is 3.09. The molecule has 1 saturated carbocycles. The van der Waals surface area contributed by atoms with Gasteiger partial charge in [-0.15, -0.1) is 0 Å². The minimum atomic E-state index is -0.243. The van der Waals surface area contributed by atoms with Crippen LogP contribution in [0.5, 0.6) is 11.5 Å². The molecule has 1 saturated heterocycles. The van der Waals surface area contributed by atoms with Crippen molar-refractivity contribution >= 4 is 18.0 Å². The van der Waals surface area contributed by atoms with Gasteiger partial charge >= 0.3 is 0 Å². The number of carbonyl (C=O) groups excluding carboxylic acids is 2. The Kier molecular flexibility index (Phi) is 4.62. The molecule has 2 aromatic carbocycles. The van der Waals surface area contributed by atoms with Crippen LogP contribution in [-0.4, -0.2) is 30.1 Å². The van der Waals surface area contributed by atoms with E-state index < -0.39 is 0 Å². The molecule has 0 N–H and O–H groups in total. The topological polar surface area (TPSA) is 68.2 Å². The number of carbonyl (C=O) groups is 2. The summed E-state index contributed by atoms with van der Waals surface area (Å²) in [4.78, 5) is 25.4. The predicted octanol–water partition coefficient (Wildman–Crippen LogP) is 3.42. The maximum Gasteiger partial charge on any atom is 0.254 e. The second kappa shape index (κ2) is 7.44. The van der Waals surface area contributed by atoms with Gasteiger partial charge in [0.25, 0.3) is 11.8 Å². The van der Waals surface area contributed by atoms with Crippen molar-refractivity contribution in [1.82, 2.24) is 5.01 Å². The molecule has 0 radical (unpaired) electrons. The van der Waals surface area contributed by atoms with Gasteiger partial charge in [0.05, 0.1) is 25.2 Å². The largest absolute Gasteiger partial charge is 0.493 e. The Labute approximate surface area is 174 Å². The molecule has 1 heterocycles. The maximum absolute atomic E-state index is 12.7. The van der Waals surface area contributed by atoms with Crippen LogP contribution in [0.2, 0.25) is 0 Å². The Hall–Kier alpha value is -3.41. The first kappa shape index (κ1) is 18.6. The molecule has 0 aromatic heterocycles. The van der Waals surface area contributed by atoms with Crippen molar-refractivity contribution in [2.75, 3.05) is 7.11 Å². The SMILES string of the molecule is COc1cc(/C=N\N2C(=O)[C@@H]3[C@H](C2=O)[C@H]2C=C[C@H]3C2)ccc1OCc1ccccc1. The Morgan fingerprint density at radius 3 is 2.37 bits per heavy atom. The van der Waals surface area contributed by atoms with Crippen LogP contribution in [0, 0.1) is 23.7 Å². The number of benzene rings is 2. The molecule has 2 fully saturated rings. The number of rotatable bonds is 6. The third-order valence-corrected chi connectivity index (χ3v) is 6.19. The van der Waals surface area contributed by atoms with E-state index in [9.17, 15) is 9.59 Å². The van der Waals surface area contributed by atoms with E-state index in [0.29, 0.717) is 18.1 Å². The van der Waals surface area contributed by atoms with E-state index in [-0.39, 0.29) is 35.5 Å². The monoisotopic (exact) mass is 402 g/mol. The van der Waals surface area contributed by atoms with Gasteiger partial charge in [-0.05, 0) is 47.6 Å². The molecule has 1 aliphatic heterocycles. The zero-order valence-corrected chi connectivity index (χ0v) is 16.6. The van der Waals surface area contributed by atoms with Crippen LogP contribution in [-0.2, 0) is 16.2 Å². The standard InChI is InChI=1S/C24H22N2O4/c1-29-20-11-16(7-10-19(20)30-14-15-5-3-2-4-6-15)13-25-26-23(27)21-17-8-9-18(12-17)22(21)24(26)28/h2-11,13,17-18,21-22H,12,14H2,1H3/b25-13-/t17-,18-,21-,22+/m0/s1. The molecular weight excluding hydrogens is 380 g/mol. The summed E-state index contributed by atoms with van der Waals surface area (Å²) >= 11 is 0. The van der Waals surface area contributed by atoms with Crippen molar-refractivity contribution in [3.8, 4) is 11.5 Å². The lowest BCUT2D eigenvalue weighted by Crippen LogP contribution is -2.28. The molecule has 2 aromatic rings. The molecular formula is C24H22N2O4. The van der Waals surface area contributed by atoms with Crippen LogP contribution in [0.4, 0.5) is 0 Å². The van der Waals surface area contributed by atoms with Crippen molar-refractivity contribution in [3.05, 3.63) is 71.8 Å². The van der Waals surface area contributed by atoms with E-state index in [2.05, 4.69) is 17.3 Å². The fraction of sp³-hybridized carbons (Fsp3) is 0.292. The molecule has 3 aliphatic rings. The van der Waals surface area contributed by atoms with Gasteiger partial charge in [-0.2, -0.15) is 10.1 Å². The second-order valence-corrected chi connectivity index (χ2v) is 7.92. The first-order chi connectivity index (χ1) is 14.7. The Morgan fingerprint density at radius 2 is 1.70 bits per heavy atom. The number of hydrazone groups is 1. The summed E-state index contributed by atoms with van der Waals surface area (Å²) in [7, 11) is 1.57. The highest BCUT2D eigenvalue weighted by atomic mass is 16.5. The van der Waals surface area contributed by atoms with Crippen LogP contribution in [0.15, 0.2) is 65.8 Å². The fourth-order valence-corrected chi connectivity index (χ4v) is 4.74. The van der Waals surface area contributed by atoms with E-state index in [1.165, 1.54) is 6.21 Å². The van der Waals surface area contributed by atoms with Gasteiger partial charge in [0.2, 0.25) is 0 Å². The van der Waals surface area contributed by atoms with Crippen LogP contribution in [0.1, 0.15) is 17.5 Å².